The van der Waals surface area contributed by atoms with Gasteiger partial charge in [0.2, 0.25) is 0 Å². The van der Waals surface area contributed by atoms with Crippen molar-refractivity contribution in [1.82, 2.24) is 5.43 Å². The van der Waals surface area contributed by atoms with Gasteiger partial charge in [0, 0.05) is 17.6 Å². The van der Waals surface area contributed by atoms with E-state index in [0.717, 1.165) is 49.3 Å². The molecule has 1 saturated heterocycles. The Morgan fingerprint density at radius 1 is 1.12 bits per heavy atom. The molecule has 0 spiro atoms. The summed E-state index contributed by atoms with van der Waals surface area (Å²) in [4.78, 5) is 26.5. The largest absolute Gasteiger partial charge is 0.573 e. The number of halogens is 5. The number of nitrogens with zero attached hydrogens (tertiary/aromatic N) is 2. The van der Waals surface area contributed by atoms with Crippen LogP contribution in [0.3, 0.4) is 0 Å². The number of para-hydroxylation sites is 1. The molecular weight excluding hydrogens is 643 g/mol. The Morgan fingerprint density at radius 3 is 2.36 bits per heavy atom. The number of nitrogens with one attached hydrogen (secondary N) is 1. The van der Waals surface area contributed by atoms with Gasteiger partial charge < -0.3 is 24.3 Å². The summed E-state index contributed by atoms with van der Waals surface area (Å²) in [6.45, 7) is 3.58. The van der Waals surface area contributed by atoms with E-state index in [1.807, 2.05) is 25.1 Å². The summed E-state index contributed by atoms with van der Waals surface area (Å²) in [5.74, 6) is -1.51. The van der Waals surface area contributed by atoms with E-state index < -0.39 is 18.4 Å². The van der Waals surface area contributed by atoms with Crippen LogP contribution >= 0.6 is 28.3 Å². The van der Waals surface area contributed by atoms with Crippen LogP contribution in [0.5, 0.6) is 11.5 Å². The van der Waals surface area contributed by atoms with Gasteiger partial charge in [0.15, 0.2) is 0 Å². The van der Waals surface area contributed by atoms with E-state index in [2.05, 4.69) is 31.0 Å². The molecule has 0 radical (unpaired) electrons. The summed E-state index contributed by atoms with van der Waals surface area (Å²) < 4.78 is 48.1. The van der Waals surface area contributed by atoms with Gasteiger partial charge in [-0.05, 0) is 79.8 Å². The zero-order valence-electron chi connectivity index (χ0n) is 22.8. The monoisotopic (exact) mass is 671 g/mol. The van der Waals surface area contributed by atoms with Crippen molar-refractivity contribution in [3.05, 3.63) is 75.8 Å². The maximum atomic E-state index is 12.8. The van der Waals surface area contributed by atoms with Crippen molar-refractivity contribution in [3.8, 4) is 11.5 Å². The number of hydrogen-bond acceptors (Lipinski definition) is 7. The molecular formula is C29H30BrClF3N3O5. The molecule has 4 rings (SSSR count). The van der Waals surface area contributed by atoms with Crippen LogP contribution in [0.15, 0.2) is 59.1 Å². The fraction of sp³-hybridized carbons (Fsp3) is 0.310. The number of carbonyl (C=O) groups is 2. The lowest BCUT2D eigenvalue weighted by molar-refractivity contribution is -0.274. The van der Waals surface area contributed by atoms with Gasteiger partial charge in [0.25, 0.3) is 0 Å². The minimum atomic E-state index is -4.84. The van der Waals surface area contributed by atoms with E-state index in [1.54, 1.807) is 5.01 Å². The lowest BCUT2D eigenvalue weighted by atomic mass is 10.0. The number of anilines is 3. The van der Waals surface area contributed by atoms with E-state index >= 15 is 0 Å². The number of carboxylic acids is 1. The lowest BCUT2D eigenvalue weighted by Gasteiger charge is -2.37. The topological polar surface area (TPSA) is 91.3 Å². The third kappa shape index (κ3) is 7.67. The Bertz CT molecular complexity index is 1400. The number of methoxy groups -OCH3 is 1. The highest BCUT2D eigenvalue weighted by molar-refractivity contribution is 9.10. The second-order valence-electron chi connectivity index (χ2n) is 9.49. The predicted octanol–water partition coefficient (Wildman–Crippen LogP) is 7.36. The Labute approximate surface area is 255 Å². The van der Waals surface area contributed by atoms with Crippen molar-refractivity contribution in [2.24, 2.45) is 0 Å². The number of aldehydes is 1. The van der Waals surface area contributed by atoms with Crippen LogP contribution in [0.2, 0.25) is 0 Å². The number of piperidine rings is 1. The fourth-order valence-corrected chi connectivity index (χ4v) is 5.44. The molecule has 0 aromatic heterocycles. The summed E-state index contributed by atoms with van der Waals surface area (Å²) in [5, 5.41) is 11.2. The highest BCUT2D eigenvalue weighted by atomic mass is 79.9. The van der Waals surface area contributed by atoms with Gasteiger partial charge in [-0.15, -0.1) is 25.6 Å². The molecule has 1 heterocycles. The Morgan fingerprint density at radius 2 is 1.79 bits per heavy atom. The second-order valence-corrected chi connectivity index (χ2v) is 10.3. The van der Waals surface area contributed by atoms with Crippen molar-refractivity contribution in [2.45, 2.75) is 38.6 Å². The van der Waals surface area contributed by atoms with E-state index in [1.165, 1.54) is 43.5 Å². The van der Waals surface area contributed by atoms with Crippen LogP contribution in [-0.4, -0.2) is 43.9 Å². The number of hydrogen-bond donors (Lipinski definition) is 2. The predicted molar refractivity (Wildman–Crippen MR) is 159 cm³/mol. The number of aromatic carboxylic acids is 1. The average Bonchev–Trinajstić information content (AvgIpc) is 2.94. The number of aryl methyl sites for hydroxylation is 1. The van der Waals surface area contributed by atoms with Crippen LogP contribution in [0.4, 0.5) is 30.2 Å². The number of alkyl halides is 3. The molecule has 226 valence electrons. The van der Waals surface area contributed by atoms with Gasteiger partial charge in [-0.3, -0.25) is 5.01 Å². The van der Waals surface area contributed by atoms with E-state index in [0.29, 0.717) is 22.0 Å². The zero-order valence-corrected chi connectivity index (χ0v) is 25.2. The molecule has 13 heteroatoms. The van der Waals surface area contributed by atoms with Crippen LogP contribution in [0.1, 0.15) is 46.8 Å². The van der Waals surface area contributed by atoms with Crippen molar-refractivity contribution in [3.63, 3.8) is 0 Å². The minimum absolute atomic E-state index is 0. The van der Waals surface area contributed by atoms with E-state index in [-0.39, 0.29) is 29.5 Å². The van der Waals surface area contributed by atoms with Gasteiger partial charge in [-0.2, -0.15) is 0 Å². The number of benzene rings is 3. The standard InChI is InChI=1S/C29H29BrF3N3O5.ClH/c1-18-7-6-8-25(35-13-4-3-5-14-35)27(18)36(19-9-11-20(12-10-19)41-29(31,32)33)34-24(17-37)21-16-26(40-2)22(28(38)39)15-23(21)30;/h6-12,15-17,24,34H,3-5,13-14H2,1-2H3,(H,38,39);1H. The molecule has 3 aromatic rings. The third-order valence-corrected chi connectivity index (χ3v) is 7.44. The summed E-state index contributed by atoms with van der Waals surface area (Å²) in [6, 6.07) is 13.0. The van der Waals surface area contributed by atoms with Gasteiger partial charge >= 0.3 is 12.3 Å². The highest BCUT2D eigenvalue weighted by Gasteiger charge is 2.31. The first kappa shape index (κ1) is 33.0. The maximum absolute atomic E-state index is 12.8. The highest BCUT2D eigenvalue weighted by Crippen LogP contribution is 2.40. The molecule has 42 heavy (non-hydrogen) atoms. The molecule has 1 unspecified atom stereocenters. The minimum Gasteiger partial charge on any atom is -0.496 e. The van der Waals surface area contributed by atoms with Crippen molar-refractivity contribution >= 4 is 57.7 Å². The Hall–Kier alpha value is -3.48. The first-order chi connectivity index (χ1) is 19.5. The summed E-state index contributed by atoms with van der Waals surface area (Å²) in [6.07, 6.45) is -1.02. The van der Waals surface area contributed by atoms with Crippen molar-refractivity contribution in [1.29, 1.82) is 0 Å². The Kier molecular flexibility index (Phi) is 11.1. The molecule has 0 aliphatic carbocycles. The normalized spacial score (nSPS) is 14.0. The van der Waals surface area contributed by atoms with Crippen LogP contribution < -0.4 is 24.8 Å². The summed E-state index contributed by atoms with van der Waals surface area (Å²) in [5.41, 5.74) is 6.46. The maximum Gasteiger partial charge on any atom is 0.573 e. The van der Waals surface area contributed by atoms with Gasteiger partial charge in [-0.25, -0.2) is 10.2 Å². The number of ether oxygens (including phenoxy) is 2. The third-order valence-electron chi connectivity index (χ3n) is 6.75. The molecule has 0 saturated carbocycles. The number of carbonyl (C=O) groups excluding carboxylic acids is 1. The second kappa shape index (κ2) is 14.1. The van der Waals surface area contributed by atoms with E-state index in [9.17, 15) is 27.9 Å². The summed E-state index contributed by atoms with van der Waals surface area (Å²) in [7, 11) is 1.33. The molecule has 1 aliphatic heterocycles. The van der Waals surface area contributed by atoms with Crippen molar-refractivity contribution < 1.29 is 37.3 Å². The quantitative estimate of drug-likeness (QED) is 0.171. The molecule has 0 bridgehead atoms. The Balaban J connectivity index is 0.00000484. The lowest BCUT2D eigenvalue weighted by Crippen LogP contribution is -2.40. The van der Waals surface area contributed by atoms with E-state index in [4.69, 9.17) is 4.74 Å². The van der Waals surface area contributed by atoms with Gasteiger partial charge in [0.1, 0.15) is 29.4 Å². The van der Waals surface area contributed by atoms with Crippen LogP contribution in [-0.2, 0) is 4.79 Å². The molecule has 1 aliphatic rings. The molecule has 1 fully saturated rings. The number of hydrazine groups is 1. The first-order valence-electron chi connectivity index (χ1n) is 12.8. The van der Waals surface area contributed by atoms with Crippen molar-refractivity contribution in [2.75, 3.05) is 30.1 Å². The SMILES string of the molecule is COc1cc(C(C=O)NN(c2ccc(OC(F)(F)F)cc2)c2c(C)cccc2N2CCCCC2)c(Br)cc1C(=O)O.Cl. The summed E-state index contributed by atoms with van der Waals surface area (Å²) >= 11 is 3.38. The van der Waals surface area contributed by atoms with Gasteiger partial charge in [0.05, 0.1) is 24.2 Å². The fourth-order valence-electron chi connectivity index (χ4n) is 4.85. The average molecular weight is 673 g/mol. The molecule has 2 N–H and O–H groups in total. The molecule has 0 amide bonds. The molecule has 3 aromatic carbocycles. The van der Waals surface area contributed by atoms with Crippen LogP contribution in [0.25, 0.3) is 0 Å². The zero-order chi connectivity index (χ0) is 29.7. The number of rotatable bonds is 10. The number of carboxylic acid groups (broad SMARTS) is 1. The molecule has 8 nitrogen and oxygen atoms in total. The van der Waals surface area contributed by atoms with Crippen LogP contribution in [0, 0.1) is 6.92 Å². The smallest absolute Gasteiger partial charge is 0.496 e. The van der Waals surface area contributed by atoms with Gasteiger partial charge in [-0.1, -0.05) is 28.1 Å². The molecule has 1 atom stereocenters. The first-order valence-corrected chi connectivity index (χ1v) is 13.6.